The average Bonchev–Trinajstić information content (AvgIpc) is 2.44. The highest BCUT2D eigenvalue weighted by Gasteiger charge is 2.02. The fraction of sp³-hybridized carbons (Fsp3) is 0.222. The van der Waals surface area contributed by atoms with Gasteiger partial charge in [0.15, 0.2) is 3.92 Å². The van der Waals surface area contributed by atoms with E-state index in [4.69, 9.17) is 4.74 Å². The molecule has 0 amide bonds. The number of thiazole rings is 1. The van der Waals surface area contributed by atoms with Crippen molar-refractivity contribution in [3.63, 3.8) is 0 Å². The summed E-state index contributed by atoms with van der Waals surface area (Å²) in [5.74, 6) is 0.882. The lowest BCUT2D eigenvalue weighted by molar-refractivity contribution is 0.340. The maximum atomic E-state index is 5.37. The van der Waals surface area contributed by atoms with Gasteiger partial charge in [-0.15, -0.1) is 11.3 Å². The number of hydrogen-bond acceptors (Lipinski definition) is 3. The van der Waals surface area contributed by atoms with Crippen LogP contribution in [0.5, 0.6) is 5.75 Å². The smallest absolute Gasteiger partial charge is 0.160 e. The first-order valence-electron chi connectivity index (χ1n) is 3.98. The second kappa shape index (κ2) is 3.64. The Morgan fingerprint density at radius 2 is 2.38 bits per heavy atom. The molecule has 0 saturated heterocycles. The number of rotatable bonds is 2. The Labute approximate surface area is 88.7 Å². The van der Waals surface area contributed by atoms with E-state index in [9.17, 15) is 0 Å². The van der Waals surface area contributed by atoms with E-state index in [0.29, 0.717) is 6.61 Å². The summed E-state index contributed by atoms with van der Waals surface area (Å²) in [4.78, 5) is 4.31. The second-order valence-corrected chi connectivity index (χ2v) is 4.84. The summed E-state index contributed by atoms with van der Waals surface area (Å²) in [5, 5.41) is 0. The minimum atomic E-state index is 0.691. The zero-order valence-electron chi connectivity index (χ0n) is 7.08. The quantitative estimate of drug-likeness (QED) is 0.822. The molecule has 0 spiro atoms. The van der Waals surface area contributed by atoms with E-state index in [1.807, 2.05) is 25.1 Å². The first-order chi connectivity index (χ1) is 6.29. The summed E-state index contributed by atoms with van der Waals surface area (Å²) >= 11 is 4.98. The van der Waals surface area contributed by atoms with E-state index in [1.165, 1.54) is 4.70 Å². The van der Waals surface area contributed by atoms with E-state index in [-0.39, 0.29) is 0 Å². The number of fused-ring (bicyclic) bond motifs is 1. The molecule has 0 aliphatic rings. The summed E-state index contributed by atoms with van der Waals surface area (Å²) in [7, 11) is 0. The highest BCUT2D eigenvalue weighted by Crippen LogP contribution is 2.28. The Kier molecular flexibility index (Phi) is 2.51. The zero-order valence-corrected chi connectivity index (χ0v) is 9.48. The maximum Gasteiger partial charge on any atom is 0.160 e. The molecule has 68 valence electrons. The normalized spacial score (nSPS) is 10.6. The first kappa shape index (κ1) is 8.97. The number of ether oxygens (including phenoxy) is 1. The van der Waals surface area contributed by atoms with Gasteiger partial charge >= 0.3 is 0 Å². The molecule has 1 heterocycles. The Morgan fingerprint density at radius 1 is 1.54 bits per heavy atom. The SMILES string of the molecule is CCOc1ccc2sc(Br)nc2c1. The Balaban J connectivity index is 2.48. The molecule has 1 aromatic heterocycles. The number of aromatic nitrogens is 1. The Bertz CT molecular complexity index is 426. The third-order valence-electron chi connectivity index (χ3n) is 1.64. The molecule has 2 aromatic rings. The molecule has 0 radical (unpaired) electrons. The summed E-state index contributed by atoms with van der Waals surface area (Å²) < 4.78 is 7.46. The van der Waals surface area contributed by atoms with Crippen molar-refractivity contribution in [1.82, 2.24) is 4.98 Å². The topological polar surface area (TPSA) is 22.1 Å². The predicted molar refractivity (Wildman–Crippen MR) is 58.5 cm³/mol. The van der Waals surface area contributed by atoms with Crippen LogP contribution in [0.15, 0.2) is 22.1 Å². The van der Waals surface area contributed by atoms with Crippen LogP contribution in [0.3, 0.4) is 0 Å². The molecule has 2 nitrogen and oxygen atoms in total. The molecular weight excluding hydrogens is 250 g/mol. The fourth-order valence-electron chi connectivity index (χ4n) is 1.14. The third kappa shape index (κ3) is 1.84. The molecule has 1 aromatic carbocycles. The monoisotopic (exact) mass is 257 g/mol. The molecule has 0 aliphatic heterocycles. The molecule has 2 rings (SSSR count). The molecule has 0 atom stereocenters. The van der Waals surface area contributed by atoms with Crippen molar-refractivity contribution in [3.8, 4) is 5.75 Å². The van der Waals surface area contributed by atoms with Crippen LogP contribution in [0.4, 0.5) is 0 Å². The summed E-state index contributed by atoms with van der Waals surface area (Å²) in [6.07, 6.45) is 0. The van der Waals surface area contributed by atoms with E-state index in [1.54, 1.807) is 11.3 Å². The number of hydrogen-bond donors (Lipinski definition) is 0. The van der Waals surface area contributed by atoms with Crippen LogP contribution >= 0.6 is 27.3 Å². The van der Waals surface area contributed by atoms with Crippen LogP contribution in [0.2, 0.25) is 0 Å². The van der Waals surface area contributed by atoms with Crippen molar-refractivity contribution in [2.75, 3.05) is 6.61 Å². The first-order valence-corrected chi connectivity index (χ1v) is 5.59. The van der Waals surface area contributed by atoms with Crippen molar-refractivity contribution < 1.29 is 4.74 Å². The second-order valence-electron chi connectivity index (χ2n) is 2.53. The van der Waals surface area contributed by atoms with Crippen molar-refractivity contribution in [2.45, 2.75) is 6.92 Å². The van der Waals surface area contributed by atoms with E-state index < -0.39 is 0 Å². The summed E-state index contributed by atoms with van der Waals surface area (Å²) in [5.41, 5.74) is 0.989. The third-order valence-corrected chi connectivity index (χ3v) is 3.13. The molecule has 0 unspecified atom stereocenters. The van der Waals surface area contributed by atoms with Gasteiger partial charge in [0.2, 0.25) is 0 Å². The highest BCUT2D eigenvalue weighted by atomic mass is 79.9. The van der Waals surface area contributed by atoms with Crippen LogP contribution in [0.25, 0.3) is 10.2 Å². The van der Waals surface area contributed by atoms with E-state index in [2.05, 4.69) is 20.9 Å². The van der Waals surface area contributed by atoms with Crippen molar-refractivity contribution in [1.29, 1.82) is 0 Å². The average molecular weight is 258 g/mol. The van der Waals surface area contributed by atoms with Gasteiger partial charge in [0, 0.05) is 6.07 Å². The lowest BCUT2D eigenvalue weighted by Gasteiger charge is -2.00. The minimum Gasteiger partial charge on any atom is -0.494 e. The number of halogens is 1. The Morgan fingerprint density at radius 3 is 3.15 bits per heavy atom. The van der Waals surface area contributed by atoms with Crippen molar-refractivity contribution >= 4 is 37.5 Å². The maximum absolute atomic E-state index is 5.37. The van der Waals surface area contributed by atoms with Gasteiger partial charge in [-0.1, -0.05) is 0 Å². The minimum absolute atomic E-state index is 0.691. The molecule has 0 aliphatic carbocycles. The number of nitrogens with zero attached hydrogens (tertiary/aromatic N) is 1. The standard InChI is InChI=1S/C9H8BrNOS/c1-2-12-6-3-4-8-7(5-6)11-9(10)13-8/h3-5H,2H2,1H3. The van der Waals surface area contributed by atoms with Gasteiger partial charge in [-0.2, -0.15) is 0 Å². The van der Waals surface area contributed by atoms with Crippen molar-refractivity contribution in [3.05, 3.63) is 22.1 Å². The van der Waals surface area contributed by atoms with Gasteiger partial charge in [0.05, 0.1) is 16.8 Å². The van der Waals surface area contributed by atoms with Gasteiger partial charge in [0.25, 0.3) is 0 Å². The summed E-state index contributed by atoms with van der Waals surface area (Å²) in [6, 6.07) is 5.96. The van der Waals surface area contributed by atoms with Gasteiger partial charge in [-0.25, -0.2) is 4.98 Å². The molecule has 13 heavy (non-hydrogen) atoms. The summed E-state index contributed by atoms with van der Waals surface area (Å²) in [6.45, 7) is 2.66. The lowest BCUT2D eigenvalue weighted by Crippen LogP contribution is -1.90. The van der Waals surface area contributed by atoms with Crippen LogP contribution < -0.4 is 4.74 Å². The zero-order chi connectivity index (χ0) is 9.26. The van der Waals surface area contributed by atoms with Crippen LogP contribution in [0.1, 0.15) is 6.92 Å². The molecule has 4 heteroatoms. The molecule has 0 bridgehead atoms. The Hall–Kier alpha value is -0.610. The van der Waals surface area contributed by atoms with Gasteiger partial charge in [-0.05, 0) is 35.0 Å². The van der Waals surface area contributed by atoms with Gasteiger partial charge < -0.3 is 4.74 Å². The van der Waals surface area contributed by atoms with Crippen LogP contribution in [-0.2, 0) is 0 Å². The molecule has 0 saturated carbocycles. The highest BCUT2D eigenvalue weighted by molar-refractivity contribution is 9.11. The van der Waals surface area contributed by atoms with E-state index in [0.717, 1.165) is 15.2 Å². The number of benzene rings is 1. The van der Waals surface area contributed by atoms with Gasteiger partial charge in [0.1, 0.15) is 5.75 Å². The van der Waals surface area contributed by atoms with Gasteiger partial charge in [-0.3, -0.25) is 0 Å². The largest absolute Gasteiger partial charge is 0.494 e. The predicted octanol–water partition coefficient (Wildman–Crippen LogP) is 3.46. The van der Waals surface area contributed by atoms with Crippen LogP contribution in [-0.4, -0.2) is 11.6 Å². The fourth-order valence-corrected chi connectivity index (χ4v) is 2.52. The van der Waals surface area contributed by atoms with Crippen molar-refractivity contribution in [2.24, 2.45) is 0 Å². The van der Waals surface area contributed by atoms with Crippen LogP contribution in [0, 0.1) is 0 Å². The molecule has 0 N–H and O–H groups in total. The van der Waals surface area contributed by atoms with E-state index >= 15 is 0 Å². The molecule has 0 fully saturated rings. The molecular formula is C9H8BrNOS. The lowest BCUT2D eigenvalue weighted by atomic mass is 10.3.